The lowest BCUT2D eigenvalue weighted by Crippen LogP contribution is -2.21. The molecule has 0 saturated heterocycles. The van der Waals surface area contributed by atoms with Crippen LogP contribution in [-0.4, -0.2) is 28.7 Å². The molecule has 0 aromatic carbocycles. The summed E-state index contributed by atoms with van der Waals surface area (Å²) >= 11 is 0. The van der Waals surface area contributed by atoms with E-state index in [4.69, 9.17) is 9.84 Å². The first-order chi connectivity index (χ1) is 8.50. The number of carboxylic acids is 1. The molecular formula is C13H18N2O3. The van der Waals surface area contributed by atoms with Gasteiger partial charge in [0.15, 0.2) is 0 Å². The Bertz CT molecular complexity index is 430. The van der Waals surface area contributed by atoms with E-state index in [2.05, 4.69) is 16.9 Å². The Balaban J connectivity index is 2.56. The summed E-state index contributed by atoms with van der Waals surface area (Å²) in [6.45, 7) is 8.02. The highest BCUT2D eigenvalue weighted by atomic mass is 16.5. The van der Waals surface area contributed by atoms with E-state index in [1.165, 1.54) is 0 Å². The summed E-state index contributed by atoms with van der Waals surface area (Å²) in [5, 5.41) is 11.7. The summed E-state index contributed by atoms with van der Waals surface area (Å²) in [6.07, 6.45) is 1.71. The highest BCUT2D eigenvalue weighted by Crippen LogP contribution is 2.15. The molecule has 0 radical (unpaired) electrons. The van der Waals surface area contributed by atoms with Crippen molar-refractivity contribution in [1.29, 1.82) is 0 Å². The molecule has 5 nitrogen and oxygen atoms in total. The fourth-order valence-corrected chi connectivity index (χ4v) is 1.31. The molecule has 0 atom stereocenters. The second-order valence-electron chi connectivity index (χ2n) is 4.15. The Kier molecular flexibility index (Phi) is 5.32. The fraction of sp³-hybridized carbons (Fsp3) is 0.385. The van der Waals surface area contributed by atoms with Crippen LogP contribution in [-0.2, 0) is 11.3 Å². The van der Waals surface area contributed by atoms with Crippen LogP contribution in [0.25, 0.3) is 0 Å². The number of carboxylic acid groups (broad SMARTS) is 1. The lowest BCUT2D eigenvalue weighted by atomic mass is 10.2. The predicted molar refractivity (Wildman–Crippen MR) is 68.5 cm³/mol. The zero-order chi connectivity index (χ0) is 13.5. The van der Waals surface area contributed by atoms with Crippen LogP contribution in [0.4, 0.5) is 0 Å². The summed E-state index contributed by atoms with van der Waals surface area (Å²) in [5.74, 6) is -0.423. The second kappa shape index (κ2) is 6.76. The fourth-order valence-electron chi connectivity index (χ4n) is 1.31. The largest absolute Gasteiger partial charge is 0.478 e. The Morgan fingerprint density at radius 2 is 2.33 bits per heavy atom. The molecule has 0 bridgehead atoms. The van der Waals surface area contributed by atoms with Gasteiger partial charge in [0.2, 0.25) is 5.88 Å². The van der Waals surface area contributed by atoms with Crippen LogP contribution in [0.15, 0.2) is 30.5 Å². The minimum absolute atomic E-state index is 0.0487. The summed E-state index contributed by atoms with van der Waals surface area (Å²) in [4.78, 5) is 14.7. The van der Waals surface area contributed by atoms with Gasteiger partial charge in [-0.05, 0) is 19.9 Å². The van der Waals surface area contributed by atoms with E-state index in [9.17, 15) is 4.79 Å². The number of carbonyl (C=O) groups is 1. The van der Waals surface area contributed by atoms with Crippen LogP contribution in [0, 0.1) is 0 Å². The molecule has 1 heterocycles. The predicted octanol–water partition coefficient (Wildman–Crippen LogP) is 1.60. The number of hydrogen-bond donors (Lipinski definition) is 2. The van der Waals surface area contributed by atoms with Gasteiger partial charge in [-0.3, -0.25) is 0 Å². The van der Waals surface area contributed by atoms with Crippen molar-refractivity contribution in [3.8, 4) is 5.88 Å². The second-order valence-corrected chi connectivity index (χ2v) is 4.15. The van der Waals surface area contributed by atoms with Gasteiger partial charge < -0.3 is 15.2 Å². The zero-order valence-corrected chi connectivity index (χ0v) is 10.6. The van der Waals surface area contributed by atoms with Crippen LogP contribution in [0.1, 0.15) is 19.4 Å². The lowest BCUT2D eigenvalue weighted by Gasteiger charge is -2.13. The highest BCUT2D eigenvalue weighted by Gasteiger charge is 2.07. The third kappa shape index (κ3) is 4.55. The average molecular weight is 250 g/mol. The molecule has 0 fully saturated rings. The van der Waals surface area contributed by atoms with Gasteiger partial charge in [-0.1, -0.05) is 12.6 Å². The maximum atomic E-state index is 10.6. The van der Waals surface area contributed by atoms with Crippen molar-refractivity contribution < 1.29 is 14.6 Å². The van der Waals surface area contributed by atoms with Crippen molar-refractivity contribution in [2.45, 2.75) is 26.5 Å². The SMILES string of the molecule is C=C(CNCc1cccnc1OC(C)C)C(=O)O. The van der Waals surface area contributed by atoms with Gasteiger partial charge in [0.1, 0.15) is 0 Å². The molecule has 18 heavy (non-hydrogen) atoms. The third-order valence-electron chi connectivity index (χ3n) is 2.15. The van der Waals surface area contributed by atoms with Gasteiger partial charge in [-0.2, -0.15) is 0 Å². The molecule has 0 aliphatic rings. The third-order valence-corrected chi connectivity index (χ3v) is 2.15. The highest BCUT2D eigenvalue weighted by molar-refractivity contribution is 5.86. The summed E-state index contributed by atoms with van der Waals surface area (Å²) in [7, 11) is 0. The van der Waals surface area contributed by atoms with Gasteiger partial charge in [-0.25, -0.2) is 9.78 Å². The minimum Gasteiger partial charge on any atom is -0.478 e. The van der Waals surface area contributed by atoms with Gasteiger partial charge in [0.05, 0.1) is 6.10 Å². The first-order valence-corrected chi connectivity index (χ1v) is 5.73. The van der Waals surface area contributed by atoms with Crippen molar-refractivity contribution >= 4 is 5.97 Å². The molecule has 0 spiro atoms. The number of aromatic nitrogens is 1. The number of rotatable bonds is 7. The van der Waals surface area contributed by atoms with Crippen LogP contribution in [0.2, 0.25) is 0 Å². The maximum absolute atomic E-state index is 10.6. The molecule has 0 amide bonds. The molecular weight excluding hydrogens is 232 g/mol. The van der Waals surface area contributed by atoms with Gasteiger partial charge in [-0.15, -0.1) is 0 Å². The Morgan fingerprint density at radius 1 is 1.61 bits per heavy atom. The van der Waals surface area contributed by atoms with E-state index in [-0.39, 0.29) is 18.2 Å². The van der Waals surface area contributed by atoms with Crippen LogP contribution in [0.5, 0.6) is 5.88 Å². The standard InChI is InChI=1S/C13H18N2O3/c1-9(2)18-12-11(5-4-6-15-12)8-14-7-10(3)13(16)17/h4-6,9,14H,3,7-8H2,1-2H3,(H,16,17). The van der Waals surface area contributed by atoms with E-state index in [0.29, 0.717) is 12.4 Å². The number of pyridine rings is 1. The Labute approximate surface area is 107 Å². The summed E-state index contributed by atoms with van der Waals surface area (Å²) < 4.78 is 5.56. The van der Waals surface area contributed by atoms with Crippen molar-refractivity contribution in [2.75, 3.05) is 6.54 Å². The van der Waals surface area contributed by atoms with Gasteiger partial charge in [0.25, 0.3) is 0 Å². The van der Waals surface area contributed by atoms with E-state index in [1.807, 2.05) is 26.0 Å². The number of nitrogens with zero attached hydrogens (tertiary/aromatic N) is 1. The molecule has 0 aliphatic heterocycles. The Morgan fingerprint density at radius 3 is 2.94 bits per heavy atom. The van der Waals surface area contributed by atoms with Crippen molar-refractivity contribution in [2.24, 2.45) is 0 Å². The first-order valence-electron chi connectivity index (χ1n) is 5.73. The summed E-state index contributed by atoms with van der Waals surface area (Å²) in [6, 6.07) is 3.71. The Hall–Kier alpha value is -1.88. The van der Waals surface area contributed by atoms with E-state index in [0.717, 1.165) is 5.56 Å². The topological polar surface area (TPSA) is 71.5 Å². The quantitative estimate of drug-likeness (QED) is 0.719. The number of hydrogen-bond acceptors (Lipinski definition) is 4. The molecule has 1 rings (SSSR count). The van der Waals surface area contributed by atoms with Crippen LogP contribution < -0.4 is 10.1 Å². The molecule has 0 aliphatic carbocycles. The number of aliphatic carboxylic acids is 1. The maximum Gasteiger partial charge on any atom is 0.332 e. The van der Waals surface area contributed by atoms with Crippen molar-refractivity contribution in [1.82, 2.24) is 10.3 Å². The zero-order valence-electron chi connectivity index (χ0n) is 10.6. The van der Waals surface area contributed by atoms with E-state index < -0.39 is 5.97 Å². The molecule has 0 saturated carbocycles. The molecule has 0 unspecified atom stereocenters. The average Bonchev–Trinajstić information content (AvgIpc) is 2.30. The molecule has 1 aromatic rings. The normalized spacial score (nSPS) is 10.4. The molecule has 98 valence electrons. The lowest BCUT2D eigenvalue weighted by molar-refractivity contribution is -0.132. The van der Waals surface area contributed by atoms with E-state index >= 15 is 0 Å². The van der Waals surface area contributed by atoms with Crippen LogP contribution in [0.3, 0.4) is 0 Å². The number of nitrogens with one attached hydrogen (secondary N) is 1. The molecule has 5 heteroatoms. The van der Waals surface area contributed by atoms with Crippen molar-refractivity contribution in [3.05, 3.63) is 36.0 Å². The first kappa shape index (κ1) is 14.2. The smallest absolute Gasteiger partial charge is 0.332 e. The minimum atomic E-state index is -0.993. The van der Waals surface area contributed by atoms with Crippen molar-refractivity contribution in [3.63, 3.8) is 0 Å². The summed E-state index contributed by atoms with van der Waals surface area (Å²) in [5.41, 5.74) is 1.02. The van der Waals surface area contributed by atoms with E-state index in [1.54, 1.807) is 6.20 Å². The van der Waals surface area contributed by atoms with Gasteiger partial charge in [0, 0.05) is 30.4 Å². The monoisotopic (exact) mass is 250 g/mol. The van der Waals surface area contributed by atoms with Crippen LogP contribution >= 0.6 is 0 Å². The molecule has 2 N–H and O–H groups in total. The number of ether oxygens (including phenoxy) is 1. The molecule has 1 aromatic heterocycles. The van der Waals surface area contributed by atoms with Gasteiger partial charge >= 0.3 is 5.97 Å².